The number of aryl methyl sites for hydroxylation is 1. The molecule has 0 radical (unpaired) electrons. The molecule has 6 heteroatoms. The highest BCUT2D eigenvalue weighted by Crippen LogP contribution is 2.38. The minimum Gasteiger partial charge on any atom is -0.481 e. The van der Waals surface area contributed by atoms with Crippen molar-refractivity contribution in [2.75, 3.05) is 5.75 Å². The predicted molar refractivity (Wildman–Crippen MR) is 74.3 cm³/mol. The molecule has 1 heterocycles. The number of thioether (sulfide) groups is 1. The first-order valence-electron chi connectivity index (χ1n) is 6.75. The van der Waals surface area contributed by atoms with E-state index in [1.165, 1.54) is 18.2 Å². The topological polar surface area (TPSA) is 68.0 Å². The van der Waals surface area contributed by atoms with Gasteiger partial charge in [-0.05, 0) is 38.0 Å². The number of nitrogens with zero attached hydrogens (tertiary/aromatic N) is 3. The van der Waals surface area contributed by atoms with E-state index in [1.807, 2.05) is 6.92 Å². The molecule has 0 bridgehead atoms. The largest absolute Gasteiger partial charge is 0.481 e. The Morgan fingerprint density at radius 2 is 2.11 bits per heavy atom. The van der Waals surface area contributed by atoms with E-state index >= 15 is 0 Å². The maximum absolute atomic E-state index is 10.7. The molecule has 3 unspecified atom stereocenters. The lowest BCUT2D eigenvalue weighted by Crippen LogP contribution is -2.24. The first-order valence-corrected chi connectivity index (χ1v) is 7.73. The van der Waals surface area contributed by atoms with Crippen molar-refractivity contribution in [3.63, 3.8) is 0 Å². The monoisotopic (exact) mass is 283 g/mol. The molecule has 1 fully saturated rings. The fourth-order valence-electron chi connectivity index (χ4n) is 2.75. The maximum Gasteiger partial charge on any atom is 0.313 e. The number of carboxylic acid groups (broad SMARTS) is 1. The number of hydrogen-bond acceptors (Lipinski definition) is 4. The molecular formula is C13H21N3O2S. The number of hydrogen-bond donors (Lipinski definition) is 1. The van der Waals surface area contributed by atoms with Crippen LogP contribution >= 0.6 is 11.8 Å². The van der Waals surface area contributed by atoms with E-state index in [1.54, 1.807) is 0 Å². The molecule has 2 rings (SSSR count). The third kappa shape index (κ3) is 3.29. The standard InChI is InChI=1S/C13H21N3O2S/c1-8-4-5-11(6-9(8)2)16-10(3)14-15-13(16)19-7-12(17)18/h8-9,11H,4-7H2,1-3H3,(H,17,18). The van der Waals surface area contributed by atoms with Gasteiger partial charge in [0.1, 0.15) is 5.82 Å². The van der Waals surface area contributed by atoms with Crippen LogP contribution in [0.2, 0.25) is 0 Å². The van der Waals surface area contributed by atoms with E-state index in [0.717, 1.165) is 29.7 Å². The molecule has 0 amide bonds. The zero-order valence-electron chi connectivity index (χ0n) is 11.7. The van der Waals surface area contributed by atoms with Crippen LogP contribution in [0.3, 0.4) is 0 Å². The summed E-state index contributed by atoms with van der Waals surface area (Å²) < 4.78 is 2.13. The summed E-state index contributed by atoms with van der Waals surface area (Å²) in [6.45, 7) is 6.54. The Kier molecular flexibility index (Phi) is 4.50. The summed E-state index contributed by atoms with van der Waals surface area (Å²) in [7, 11) is 0. The molecule has 1 N–H and O–H groups in total. The lowest BCUT2D eigenvalue weighted by atomic mass is 9.79. The summed E-state index contributed by atoms with van der Waals surface area (Å²) in [5.74, 6) is 1.57. The molecule has 1 saturated carbocycles. The Labute approximate surface area is 117 Å². The highest BCUT2D eigenvalue weighted by atomic mass is 32.2. The number of aromatic nitrogens is 3. The number of aliphatic carboxylic acids is 1. The highest BCUT2D eigenvalue weighted by Gasteiger charge is 2.28. The van der Waals surface area contributed by atoms with E-state index in [2.05, 4.69) is 28.6 Å². The molecule has 0 spiro atoms. The lowest BCUT2D eigenvalue weighted by molar-refractivity contribution is -0.133. The summed E-state index contributed by atoms with van der Waals surface area (Å²) in [5, 5.41) is 17.8. The van der Waals surface area contributed by atoms with E-state index in [-0.39, 0.29) is 5.75 Å². The Hall–Kier alpha value is -1.04. The molecule has 3 atom stereocenters. The molecule has 0 saturated heterocycles. The first-order chi connectivity index (χ1) is 8.99. The van der Waals surface area contributed by atoms with Gasteiger partial charge in [0, 0.05) is 6.04 Å². The minimum absolute atomic E-state index is 0.0385. The van der Waals surface area contributed by atoms with Crippen molar-refractivity contribution in [2.45, 2.75) is 51.2 Å². The minimum atomic E-state index is -0.817. The van der Waals surface area contributed by atoms with E-state index in [0.29, 0.717) is 12.0 Å². The summed E-state index contributed by atoms with van der Waals surface area (Å²) >= 11 is 1.26. The quantitative estimate of drug-likeness (QED) is 0.861. The van der Waals surface area contributed by atoms with Crippen LogP contribution in [0.1, 0.15) is 45.0 Å². The molecule has 19 heavy (non-hydrogen) atoms. The molecule has 1 aromatic rings. The van der Waals surface area contributed by atoms with Crippen molar-refractivity contribution in [1.82, 2.24) is 14.8 Å². The fourth-order valence-corrected chi connectivity index (χ4v) is 3.52. The van der Waals surface area contributed by atoms with Crippen LogP contribution in [-0.4, -0.2) is 31.6 Å². The van der Waals surface area contributed by atoms with Crippen molar-refractivity contribution in [3.8, 4) is 0 Å². The lowest BCUT2D eigenvalue weighted by Gasteiger charge is -2.33. The van der Waals surface area contributed by atoms with Gasteiger partial charge in [0.15, 0.2) is 5.16 Å². The molecule has 0 aromatic carbocycles. The smallest absolute Gasteiger partial charge is 0.313 e. The Balaban J connectivity index is 2.14. The normalized spacial score (nSPS) is 27.4. The SMILES string of the molecule is Cc1nnc(SCC(=O)O)n1C1CCC(C)C(C)C1. The van der Waals surface area contributed by atoms with Crippen molar-refractivity contribution >= 4 is 17.7 Å². The zero-order valence-corrected chi connectivity index (χ0v) is 12.5. The average Bonchev–Trinajstić information content (AvgIpc) is 2.71. The van der Waals surface area contributed by atoms with Crippen LogP contribution in [-0.2, 0) is 4.79 Å². The van der Waals surface area contributed by atoms with Crippen molar-refractivity contribution in [3.05, 3.63) is 5.82 Å². The van der Waals surface area contributed by atoms with Crippen LogP contribution < -0.4 is 0 Å². The highest BCUT2D eigenvalue weighted by molar-refractivity contribution is 7.99. The predicted octanol–water partition coefficient (Wildman–Crippen LogP) is 2.76. The van der Waals surface area contributed by atoms with Gasteiger partial charge in [0.05, 0.1) is 5.75 Å². The summed E-state index contributed by atoms with van der Waals surface area (Å²) in [6.07, 6.45) is 3.47. The fraction of sp³-hybridized carbons (Fsp3) is 0.769. The number of carboxylic acids is 1. The third-order valence-electron chi connectivity index (χ3n) is 4.10. The molecule has 5 nitrogen and oxygen atoms in total. The molecule has 1 aliphatic rings. The van der Waals surface area contributed by atoms with Gasteiger partial charge in [0.25, 0.3) is 0 Å². The molecule has 1 aliphatic carbocycles. The second-order valence-corrected chi connectivity index (χ2v) is 6.45. The second-order valence-electron chi connectivity index (χ2n) is 5.50. The van der Waals surface area contributed by atoms with E-state index in [4.69, 9.17) is 5.11 Å². The number of rotatable bonds is 4. The van der Waals surface area contributed by atoms with Gasteiger partial charge in [-0.3, -0.25) is 4.79 Å². The van der Waals surface area contributed by atoms with Crippen LogP contribution in [0, 0.1) is 18.8 Å². The average molecular weight is 283 g/mol. The Bertz CT molecular complexity index is 461. The van der Waals surface area contributed by atoms with Crippen LogP contribution in [0.25, 0.3) is 0 Å². The molecule has 0 aliphatic heterocycles. The molecule has 1 aromatic heterocycles. The van der Waals surface area contributed by atoms with Crippen molar-refractivity contribution in [1.29, 1.82) is 0 Å². The van der Waals surface area contributed by atoms with Gasteiger partial charge < -0.3 is 9.67 Å². The van der Waals surface area contributed by atoms with E-state index < -0.39 is 5.97 Å². The van der Waals surface area contributed by atoms with Crippen LogP contribution in [0.5, 0.6) is 0 Å². The number of carbonyl (C=O) groups is 1. The maximum atomic E-state index is 10.7. The summed E-state index contributed by atoms with van der Waals surface area (Å²) in [6, 6.07) is 0.414. The van der Waals surface area contributed by atoms with Crippen molar-refractivity contribution in [2.24, 2.45) is 11.8 Å². The second kappa shape index (κ2) is 5.94. The van der Waals surface area contributed by atoms with Gasteiger partial charge in [0.2, 0.25) is 0 Å². The van der Waals surface area contributed by atoms with Crippen LogP contribution in [0.4, 0.5) is 0 Å². The Morgan fingerprint density at radius 3 is 2.74 bits per heavy atom. The summed E-state index contributed by atoms with van der Waals surface area (Å²) in [5.41, 5.74) is 0. The molecular weight excluding hydrogens is 262 g/mol. The Morgan fingerprint density at radius 1 is 1.37 bits per heavy atom. The molecule has 106 valence electrons. The summed E-state index contributed by atoms with van der Waals surface area (Å²) in [4.78, 5) is 10.7. The van der Waals surface area contributed by atoms with Crippen molar-refractivity contribution < 1.29 is 9.90 Å². The zero-order chi connectivity index (χ0) is 14.0. The van der Waals surface area contributed by atoms with E-state index in [9.17, 15) is 4.79 Å². The third-order valence-corrected chi connectivity index (χ3v) is 5.02. The van der Waals surface area contributed by atoms with Gasteiger partial charge in [-0.25, -0.2) is 0 Å². The van der Waals surface area contributed by atoms with Gasteiger partial charge >= 0.3 is 5.97 Å². The van der Waals surface area contributed by atoms with Gasteiger partial charge in [-0.15, -0.1) is 10.2 Å². The van der Waals surface area contributed by atoms with Gasteiger partial charge in [-0.2, -0.15) is 0 Å². The van der Waals surface area contributed by atoms with Gasteiger partial charge in [-0.1, -0.05) is 25.6 Å². The van der Waals surface area contributed by atoms with Crippen LogP contribution in [0.15, 0.2) is 5.16 Å². The first kappa shape index (κ1) is 14.4.